The van der Waals surface area contributed by atoms with Crippen LogP contribution in [0.1, 0.15) is 21.7 Å². The molecule has 3 heterocycles. The van der Waals surface area contributed by atoms with Crippen LogP contribution in [-0.4, -0.2) is 30.2 Å². The van der Waals surface area contributed by atoms with Gasteiger partial charge < -0.3 is 14.8 Å². The molecule has 1 fully saturated rings. The molecule has 0 radical (unpaired) electrons. The smallest absolute Gasteiger partial charge is 0.253 e. The second-order valence-electron chi connectivity index (χ2n) is 4.88. The van der Waals surface area contributed by atoms with E-state index in [9.17, 15) is 4.79 Å². The van der Waals surface area contributed by atoms with Crippen LogP contribution in [0.5, 0.6) is 5.88 Å². The van der Waals surface area contributed by atoms with Crippen molar-refractivity contribution in [3.63, 3.8) is 0 Å². The summed E-state index contributed by atoms with van der Waals surface area (Å²) in [6.07, 6.45) is 2.27. The van der Waals surface area contributed by atoms with E-state index in [4.69, 9.17) is 21.1 Å². The van der Waals surface area contributed by atoms with E-state index in [1.165, 1.54) is 6.20 Å². The summed E-state index contributed by atoms with van der Waals surface area (Å²) in [5, 5.41) is 5.13. The second-order valence-corrected chi connectivity index (χ2v) is 6.32. The van der Waals surface area contributed by atoms with Gasteiger partial charge in [-0.1, -0.05) is 17.7 Å². The summed E-state index contributed by atoms with van der Waals surface area (Å²) in [4.78, 5) is 17.3. The average Bonchev–Trinajstić information content (AvgIpc) is 3.20. The van der Waals surface area contributed by atoms with Crippen LogP contribution in [-0.2, 0) is 11.3 Å². The number of hydrogen-bond acceptors (Lipinski definition) is 5. The Labute approximate surface area is 137 Å². The third-order valence-electron chi connectivity index (χ3n) is 3.24. The normalized spacial score (nSPS) is 17.4. The molecule has 1 aliphatic heterocycles. The van der Waals surface area contributed by atoms with Gasteiger partial charge in [0.1, 0.15) is 11.1 Å². The molecule has 0 saturated carbocycles. The number of halogens is 1. The van der Waals surface area contributed by atoms with Crippen molar-refractivity contribution in [2.75, 3.05) is 13.2 Å². The van der Waals surface area contributed by atoms with Crippen LogP contribution in [0.2, 0.25) is 5.02 Å². The van der Waals surface area contributed by atoms with Gasteiger partial charge in [-0.05, 0) is 17.5 Å². The zero-order valence-corrected chi connectivity index (χ0v) is 13.3. The van der Waals surface area contributed by atoms with Crippen molar-refractivity contribution < 1.29 is 14.3 Å². The van der Waals surface area contributed by atoms with Crippen LogP contribution < -0.4 is 10.1 Å². The molecule has 1 amide bonds. The highest BCUT2D eigenvalue weighted by Gasteiger charge is 2.20. The Balaban J connectivity index is 1.61. The maximum atomic E-state index is 12.1. The second kappa shape index (κ2) is 7.09. The molecule has 0 unspecified atom stereocenters. The predicted molar refractivity (Wildman–Crippen MR) is 84.6 cm³/mol. The Bertz CT molecular complexity index is 642. The summed E-state index contributed by atoms with van der Waals surface area (Å²) in [6.45, 7) is 1.72. The number of ether oxygens (including phenoxy) is 2. The average molecular weight is 339 g/mol. The number of carbonyl (C=O) groups is 1. The summed E-state index contributed by atoms with van der Waals surface area (Å²) in [7, 11) is 0. The third kappa shape index (κ3) is 3.76. The van der Waals surface area contributed by atoms with E-state index in [0.717, 1.165) is 11.3 Å². The maximum Gasteiger partial charge on any atom is 0.253 e. The van der Waals surface area contributed by atoms with Gasteiger partial charge >= 0.3 is 0 Å². The van der Waals surface area contributed by atoms with Crippen molar-refractivity contribution in [3.05, 3.63) is 45.2 Å². The minimum absolute atomic E-state index is 0.0245. The Hall–Kier alpha value is -1.63. The quantitative estimate of drug-likeness (QED) is 0.910. The molecule has 1 N–H and O–H groups in total. The summed E-state index contributed by atoms with van der Waals surface area (Å²) in [6, 6.07) is 5.49. The van der Waals surface area contributed by atoms with Gasteiger partial charge in [-0.25, -0.2) is 4.98 Å². The van der Waals surface area contributed by atoms with Gasteiger partial charge in [0.25, 0.3) is 5.91 Å². The van der Waals surface area contributed by atoms with Crippen LogP contribution in [0.3, 0.4) is 0 Å². The number of rotatable bonds is 5. The molecular formula is C15H15ClN2O3S. The van der Waals surface area contributed by atoms with Crippen LogP contribution in [0.4, 0.5) is 0 Å². The van der Waals surface area contributed by atoms with Gasteiger partial charge in [0.2, 0.25) is 5.88 Å². The molecule has 2 aromatic heterocycles. The first-order valence-corrected chi connectivity index (χ1v) is 8.18. The standard InChI is InChI=1S/C15H15ClN2O3S/c16-13-6-10(14(19)17-8-12-2-1-5-22-12)7-18-15(13)21-11-3-4-20-9-11/h1-2,5-7,11H,3-4,8-9H2,(H,17,19)/t11-/m1/s1. The topological polar surface area (TPSA) is 60.5 Å². The van der Waals surface area contributed by atoms with Crippen LogP contribution in [0, 0.1) is 0 Å². The van der Waals surface area contributed by atoms with E-state index in [-0.39, 0.29) is 12.0 Å². The first-order chi connectivity index (χ1) is 10.7. The number of nitrogens with one attached hydrogen (secondary N) is 1. The van der Waals surface area contributed by atoms with E-state index in [0.29, 0.717) is 36.2 Å². The molecule has 5 nitrogen and oxygen atoms in total. The maximum absolute atomic E-state index is 12.1. The molecule has 2 aromatic rings. The zero-order chi connectivity index (χ0) is 15.4. The molecule has 7 heteroatoms. The van der Waals surface area contributed by atoms with E-state index in [2.05, 4.69) is 10.3 Å². The van der Waals surface area contributed by atoms with Crippen molar-refractivity contribution in [3.8, 4) is 5.88 Å². The molecule has 1 aliphatic rings. The molecule has 0 spiro atoms. The zero-order valence-electron chi connectivity index (χ0n) is 11.8. The molecular weight excluding hydrogens is 324 g/mol. The number of nitrogens with zero attached hydrogens (tertiary/aromatic N) is 1. The number of hydrogen-bond donors (Lipinski definition) is 1. The van der Waals surface area contributed by atoms with E-state index in [1.807, 2.05) is 17.5 Å². The number of aromatic nitrogens is 1. The lowest BCUT2D eigenvalue weighted by Gasteiger charge is -2.12. The first-order valence-electron chi connectivity index (χ1n) is 6.93. The Morgan fingerprint density at radius 3 is 3.18 bits per heavy atom. The van der Waals surface area contributed by atoms with Gasteiger partial charge in [0.15, 0.2) is 0 Å². The Kier molecular flexibility index (Phi) is 4.92. The molecule has 0 aliphatic carbocycles. The highest BCUT2D eigenvalue weighted by atomic mass is 35.5. The SMILES string of the molecule is O=C(NCc1cccs1)c1cnc(O[C@@H]2CCOC2)c(Cl)c1. The molecule has 1 saturated heterocycles. The summed E-state index contributed by atoms with van der Waals surface area (Å²) in [5.74, 6) is 0.130. The largest absolute Gasteiger partial charge is 0.471 e. The van der Waals surface area contributed by atoms with Gasteiger partial charge in [-0.3, -0.25) is 4.79 Å². The van der Waals surface area contributed by atoms with Crippen molar-refractivity contribution in [2.45, 2.75) is 19.1 Å². The minimum Gasteiger partial charge on any atom is -0.471 e. The summed E-state index contributed by atoms with van der Waals surface area (Å²) >= 11 is 7.74. The fourth-order valence-electron chi connectivity index (χ4n) is 2.08. The highest BCUT2D eigenvalue weighted by molar-refractivity contribution is 7.09. The minimum atomic E-state index is -0.210. The molecule has 1 atom stereocenters. The lowest BCUT2D eigenvalue weighted by Crippen LogP contribution is -2.23. The van der Waals surface area contributed by atoms with Gasteiger partial charge in [-0.2, -0.15) is 0 Å². The Morgan fingerprint density at radius 2 is 2.50 bits per heavy atom. The van der Waals surface area contributed by atoms with Crippen LogP contribution in [0.15, 0.2) is 29.8 Å². The molecule has 3 rings (SSSR count). The lowest BCUT2D eigenvalue weighted by molar-refractivity contribution is 0.0950. The molecule has 0 bridgehead atoms. The van der Waals surface area contributed by atoms with Crippen LogP contribution in [0.25, 0.3) is 0 Å². The van der Waals surface area contributed by atoms with E-state index >= 15 is 0 Å². The van der Waals surface area contributed by atoms with Crippen LogP contribution >= 0.6 is 22.9 Å². The van der Waals surface area contributed by atoms with Crippen molar-refractivity contribution in [1.82, 2.24) is 10.3 Å². The third-order valence-corrected chi connectivity index (χ3v) is 4.39. The van der Waals surface area contributed by atoms with Gasteiger partial charge in [0.05, 0.1) is 25.3 Å². The van der Waals surface area contributed by atoms with E-state index in [1.54, 1.807) is 17.4 Å². The van der Waals surface area contributed by atoms with Crippen molar-refractivity contribution in [2.24, 2.45) is 0 Å². The fourth-order valence-corrected chi connectivity index (χ4v) is 2.94. The summed E-state index contributed by atoms with van der Waals surface area (Å²) in [5.41, 5.74) is 0.413. The fraction of sp³-hybridized carbons (Fsp3) is 0.333. The molecule has 0 aromatic carbocycles. The predicted octanol–water partition coefficient (Wildman–Crippen LogP) is 2.89. The lowest BCUT2D eigenvalue weighted by atomic mass is 10.2. The highest BCUT2D eigenvalue weighted by Crippen LogP contribution is 2.25. The number of thiophene rings is 1. The van der Waals surface area contributed by atoms with Crippen molar-refractivity contribution >= 4 is 28.8 Å². The molecule has 22 heavy (non-hydrogen) atoms. The number of amides is 1. The summed E-state index contributed by atoms with van der Waals surface area (Å²) < 4.78 is 10.9. The van der Waals surface area contributed by atoms with Gasteiger partial charge in [-0.15, -0.1) is 11.3 Å². The first kappa shape index (κ1) is 15.3. The van der Waals surface area contributed by atoms with Gasteiger partial charge in [0, 0.05) is 17.5 Å². The Morgan fingerprint density at radius 1 is 1.59 bits per heavy atom. The van der Waals surface area contributed by atoms with Crippen molar-refractivity contribution in [1.29, 1.82) is 0 Å². The van der Waals surface area contributed by atoms with E-state index < -0.39 is 0 Å². The number of carbonyl (C=O) groups excluding carboxylic acids is 1. The molecule has 116 valence electrons. The number of pyridine rings is 1. The monoisotopic (exact) mass is 338 g/mol.